The Kier molecular flexibility index (Phi) is 7.75. The van der Waals surface area contributed by atoms with E-state index in [-0.39, 0.29) is 18.0 Å². The van der Waals surface area contributed by atoms with Crippen molar-refractivity contribution in [3.8, 4) is 12.3 Å². The summed E-state index contributed by atoms with van der Waals surface area (Å²) in [6.07, 6.45) is 8.95. The van der Waals surface area contributed by atoms with Gasteiger partial charge in [0.2, 0.25) is 5.91 Å². The topological polar surface area (TPSA) is 55.1 Å². The zero-order valence-electron chi connectivity index (χ0n) is 9.75. The summed E-state index contributed by atoms with van der Waals surface area (Å²) < 4.78 is 0. The second kappa shape index (κ2) is 8.31. The molecule has 1 amide bonds. The summed E-state index contributed by atoms with van der Waals surface area (Å²) in [5.41, 5.74) is 5.78. The van der Waals surface area contributed by atoms with Crippen LogP contribution in [0.3, 0.4) is 0 Å². The molecule has 0 saturated carbocycles. The van der Waals surface area contributed by atoms with Crippen molar-refractivity contribution in [1.82, 2.24) is 5.32 Å². The van der Waals surface area contributed by atoms with Crippen molar-refractivity contribution in [1.29, 1.82) is 0 Å². The van der Waals surface area contributed by atoms with Gasteiger partial charge in [0.25, 0.3) is 0 Å². The van der Waals surface area contributed by atoms with Gasteiger partial charge in [0, 0.05) is 24.9 Å². The number of carbonyl (C=O) groups is 1. The number of terminal acetylenes is 1. The summed E-state index contributed by atoms with van der Waals surface area (Å²) in [7, 11) is 0. The van der Waals surface area contributed by atoms with Gasteiger partial charge in [-0.2, -0.15) is 0 Å². The second-order valence-corrected chi connectivity index (χ2v) is 3.83. The number of carbonyl (C=O) groups excluding carboxylic acids is 1. The quantitative estimate of drug-likeness (QED) is 0.624. The Morgan fingerprint density at radius 3 is 2.67 bits per heavy atom. The van der Waals surface area contributed by atoms with Gasteiger partial charge in [0.1, 0.15) is 0 Å². The van der Waals surface area contributed by atoms with Crippen LogP contribution in [0.25, 0.3) is 0 Å². The molecule has 0 aromatic rings. The first kappa shape index (κ1) is 14.0. The highest BCUT2D eigenvalue weighted by atomic mass is 16.1. The van der Waals surface area contributed by atoms with Gasteiger partial charge in [0.05, 0.1) is 0 Å². The Hall–Kier alpha value is -1.01. The zero-order valence-corrected chi connectivity index (χ0v) is 9.75. The van der Waals surface area contributed by atoms with E-state index in [2.05, 4.69) is 18.2 Å². The smallest absolute Gasteiger partial charge is 0.221 e. The largest absolute Gasteiger partial charge is 0.352 e. The van der Waals surface area contributed by atoms with E-state index in [0.29, 0.717) is 12.8 Å². The maximum absolute atomic E-state index is 11.5. The zero-order chi connectivity index (χ0) is 11.7. The van der Waals surface area contributed by atoms with Crippen LogP contribution in [0, 0.1) is 12.3 Å². The third-order valence-corrected chi connectivity index (χ3v) is 2.33. The van der Waals surface area contributed by atoms with Crippen LogP contribution >= 0.6 is 0 Å². The van der Waals surface area contributed by atoms with Crippen molar-refractivity contribution in [2.45, 2.75) is 58.0 Å². The monoisotopic (exact) mass is 210 g/mol. The van der Waals surface area contributed by atoms with Gasteiger partial charge in [-0.25, -0.2) is 0 Å². The van der Waals surface area contributed by atoms with Crippen molar-refractivity contribution in [3.63, 3.8) is 0 Å². The molecule has 2 atom stereocenters. The summed E-state index contributed by atoms with van der Waals surface area (Å²) in [5, 5.41) is 2.90. The van der Waals surface area contributed by atoms with E-state index in [1.54, 1.807) is 0 Å². The molecule has 0 aliphatic carbocycles. The fourth-order valence-corrected chi connectivity index (χ4v) is 1.44. The van der Waals surface area contributed by atoms with Gasteiger partial charge in [0.15, 0.2) is 0 Å². The van der Waals surface area contributed by atoms with Crippen LogP contribution in [0.5, 0.6) is 0 Å². The minimum Gasteiger partial charge on any atom is -0.352 e. The summed E-state index contributed by atoms with van der Waals surface area (Å²) in [6, 6.07) is 0.0645. The van der Waals surface area contributed by atoms with Crippen LogP contribution < -0.4 is 11.1 Å². The highest BCUT2D eigenvalue weighted by Gasteiger charge is 2.12. The Morgan fingerprint density at radius 1 is 1.53 bits per heavy atom. The molecule has 0 rings (SSSR count). The summed E-state index contributed by atoms with van der Waals surface area (Å²) in [5.74, 6) is 2.57. The Morgan fingerprint density at radius 2 is 2.20 bits per heavy atom. The van der Waals surface area contributed by atoms with Gasteiger partial charge >= 0.3 is 0 Å². The highest BCUT2D eigenvalue weighted by Crippen LogP contribution is 2.01. The van der Waals surface area contributed by atoms with Crippen LogP contribution in [0.1, 0.15) is 46.0 Å². The number of hydrogen-bond donors (Lipinski definition) is 2. The van der Waals surface area contributed by atoms with Crippen LogP contribution in [0.4, 0.5) is 0 Å². The summed E-state index contributed by atoms with van der Waals surface area (Å²) in [6.45, 7) is 4.07. The van der Waals surface area contributed by atoms with E-state index >= 15 is 0 Å². The van der Waals surface area contributed by atoms with Crippen molar-refractivity contribution in [2.75, 3.05) is 0 Å². The molecule has 0 aliphatic rings. The van der Waals surface area contributed by atoms with Crippen LogP contribution in [-0.4, -0.2) is 18.0 Å². The van der Waals surface area contributed by atoms with E-state index < -0.39 is 0 Å². The number of amides is 1. The first-order valence-electron chi connectivity index (χ1n) is 5.62. The van der Waals surface area contributed by atoms with Gasteiger partial charge in [-0.05, 0) is 12.8 Å². The van der Waals surface area contributed by atoms with Crippen molar-refractivity contribution < 1.29 is 4.79 Å². The molecule has 0 saturated heterocycles. The Balaban J connectivity index is 3.85. The van der Waals surface area contributed by atoms with E-state index in [1.807, 2.05) is 6.92 Å². The fourth-order valence-electron chi connectivity index (χ4n) is 1.44. The molecule has 3 nitrogen and oxygen atoms in total. The Labute approximate surface area is 92.8 Å². The van der Waals surface area contributed by atoms with Crippen LogP contribution in [-0.2, 0) is 4.79 Å². The third kappa shape index (κ3) is 6.98. The van der Waals surface area contributed by atoms with E-state index in [1.165, 1.54) is 0 Å². The molecule has 0 fully saturated rings. The molecule has 2 unspecified atom stereocenters. The highest BCUT2D eigenvalue weighted by molar-refractivity contribution is 5.76. The molecule has 0 aliphatic heterocycles. The molecule has 0 aromatic heterocycles. The molecule has 0 radical (unpaired) electrons. The number of nitrogens with two attached hydrogens (primary N) is 1. The lowest BCUT2D eigenvalue weighted by Crippen LogP contribution is -2.37. The lowest BCUT2D eigenvalue weighted by atomic mass is 10.1. The number of hydrogen-bond acceptors (Lipinski definition) is 2. The predicted octanol–water partition coefficient (Wildman–Crippen LogP) is 1.42. The van der Waals surface area contributed by atoms with Gasteiger partial charge in [-0.15, -0.1) is 12.3 Å². The maximum Gasteiger partial charge on any atom is 0.221 e. The lowest BCUT2D eigenvalue weighted by Gasteiger charge is -2.16. The second-order valence-electron chi connectivity index (χ2n) is 3.83. The van der Waals surface area contributed by atoms with Crippen molar-refractivity contribution >= 4 is 5.91 Å². The lowest BCUT2D eigenvalue weighted by molar-refractivity contribution is -0.122. The first-order chi connectivity index (χ1) is 7.13. The summed E-state index contributed by atoms with van der Waals surface area (Å²) >= 11 is 0. The standard InChI is InChI=1S/C12H22N2O/c1-4-7-10(13)9-12(15)14-11(6-3)8-5-2/h2,10-11H,4,6-9,13H2,1,3H3,(H,14,15). The van der Waals surface area contributed by atoms with Crippen molar-refractivity contribution in [3.05, 3.63) is 0 Å². The van der Waals surface area contributed by atoms with E-state index in [0.717, 1.165) is 19.3 Å². The molecule has 3 heteroatoms. The molecular weight excluding hydrogens is 188 g/mol. The summed E-state index contributed by atoms with van der Waals surface area (Å²) in [4.78, 5) is 11.5. The fraction of sp³-hybridized carbons (Fsp3) is 0.750. The van der Waals surface area contributed by atoms with Crippen LogP contribution in [0.2, 0.25) is 0 Å². The molecular formula is C12H22N2O. The maximum atomic E-state index is 11.5. The van der Waals surface area contributed by atoms with Crippen molar-refractivity contribution in [2.24, 2.45) is 5.73 Å². The van der Waals surface area contributed by atoms with Gasteiger partial charge < -0.3 is 11.1 Å². The first-order valence-corrected chi connectivity index (χ1v) is 5.62. The molecule has 3 N–H and O–H groups in total. The number of rotatable bonds is 7. The average Bonchev–Trinajstić information content (AvgIpc) is 2.17. The predicted molar refractivity (Wildman–Crippen MR) is 63.2 cm³/mol. The third-order valence-electron chi connectivity index (χ3n) is 2.33. The van der Waals surface area contributed by atoms with E-state index in [9.17, 15) is 4.79 Å². The normalized spacial score (nSPS) is 14.0. The minimum absolute atomic E-state index is 0.0121. The molecule has 0 spiro atoms. The van der Waals surface area contributed by atoms with Crippen LogP contribution in [0.15, 0.2) is 0 Å². The molecule has 0 heterocycles. The Bertz CT molecular complexity index is 220. The minimum atomic E-state index is -0.0293. The van der Waals surface area contributed by atoms with Gasteiger partial charge in [-0.3, -0.25) is 4.79 Å². The molecule has 86 valence electrons. The number of nitrogens with one attached hydrogen (secondary N) is 1. The SMILES string of the molecule is C#CCC(CC)NC(=O)CC(N)CCC. The molecule has 0 aromatic carbocycles. The molecule has 15 heavy (non-hydrogen) atoms. The molecule has 0 bridgehead atoms. The van der Waals surface area contributed by atoms with Gasteiger partial charge in [-0.1, -0.05) is 20.3 Å². The van der Waals surface area contributed by atoms with E-state index in [4.69, 9.17) is 12.2 Å². The average molecular weight is 210 g/mol.